The number of nitrogens with zero attached hydrogens (tertiary/aromatic N) is 2. The standard InChI is InChI=1S/C15H22N4S2.HI/c1-4-16-15(18-8-14-12(3)19-10-21-14)17-7-11(2)13-5-6-20-9-13;/h5-6,9-11H,4,7-8H2,1-3H3,(H2,16,17,18);1H. The fraction of sp³-hybridized carbons (Fsp3) is 0.467. The van der Waals surface area contributed by atoms with Gasteiger partial charge in [0.15, 0.2) is 5.96 Å². The molecule has 2 rings (SSSR count). The minimum Gasteiger partial charge on any atom is -0.357 e. The Hall–Kier alpha value is -0.670. The van der Waals surface area contributed by atoms with E-state index >= 15 is 0 Å². The highest BCUT2D eigenvalue weighted by Crippen LogP contribution is 2.17. The molecule has 0 bridgehead atoms. The zero-order valence-corrected chi connectivity index (χ0v) is 17.1. The van der Waals surface area contributed by atoms with Crippen molar-refractivity contribution in [2.75, 3.05) is 13.1 Å². The van der Waals surface area contributed by atoms with Crippen LogP contribution in [0.3, 0.4) is 0 Å². The average molecular weight is 450 g/mol. The molecule has 2 heterocycles. The first-order valence-electron chi connectivity index (χ1n) is 7.14. The number of aromatic nitrogens is 1. The summed E-state index contributed by atoms with van der Waals surface area (Å²) in [6.45, 7) is 8.76. The minimum absolute atomic E-state index is 0. The van der Waals surface area contributed by atoms with E-state index in [1.807, 2.05) is 12.4 Å². The summed E-state index contributed by atoms with van der Waals surface area (Å²) in [6.07, 6.45) is 0. The molecule has 7 heteroatoms. The van der Waals surface area contributed by atoms with Gasteiger partial charge in [-0.15, -0.1) is 35.3 Å². The summed E-state index contributed by atoms with van der Waals surface area (Å²) in [7, 11) is 0. The molecule has 1 atom stereocenters. The fourth-order valence-corrected chi connectivity index (χ4v) is 3.38. The van der Waals surface area contributed by atoms with Crippen LogP contribution in [0.1, 0.15) is 35.9 Å². The van der Waals surface area contributed by atoms with Crippen LogP contribution >= 0.6 is 46.7 Å². The number of aliphatic imine (C=N–C) groups is 1. The molecule has 22 heavy (non-hydrogen) atoms. The molecule has 0 aliphatic carbocycles. The number of aryl methyl sites for hydroxylation is 1. The molecule has 0 radical (unpaired) electrons. The summed E-state index contributed by atoms with van der Waals surface area (Å²) < 4.78 is 0. The summed E-state index contributed by atoms with van der Waals surface area (Å²) >= 11 is 3.40. The molecule has 0 aliphatic rings. The Morgan fingerprint density at radius 3 is 2.82 bits per heavy atom. The molecule has 0 amide bonds. The molecule has 0 saturated heterocycles. The first-order valence-corrected chi connectivity index (χ1v) is 8.96. The SMILES string of the molecule is CCNC(=NCc1scnc1C)NCC(C)c1ccsc1.I. The average Bonchev–Trinajstić information content (AvgIpc) is 3.13. The second-order valence-corrected chi connectivity index (χ2v) is 6.61. The van der Waals surface area contributed by atoms with E-state index < -0.39 is 0 Å². The van der Waals surface area contributed by atoms with Crippen LogP contribution in [-0.4, -0.2) is 24.0 Å². The van der Waals surface area contributed by atoms with Crippen molar-refractivity contribution in [1.29, 1.82) is 0 Å². The molecule has 0 spiro atoms. The Morgan fingerprint density at radius 2 is 2.23 bits per heavy atom. The predicted octanol–water partition coefficient (Wildman–Crippen LogP) is 3.99. The van der Waals surface area contributed by atoms with Crippen LogP contribution in [-0.2, 0) is 6.54 Å². The molecular weight excluding hydrogens is 427 g/mol. The predicted molar refractivity (Wildman–Crippen MR) is 108 cm³/mol. The van der Waals surface area contributed by atoms with Crippen molar-refractivity contribution >= 4 is 52.6 Å². The Labute approximate surface area is 157 Å². The lowest BCUT2D eigenvalue weighted by Gasteiger charge is -2.15. The van der Waals surface area contributed by atoms with E-state index in [4.69, 9.17) is 0 Å². The molecule has 2 aromatic heterocycles. The van der Waals surface area contributed by atoms with Gasteiger partial charge in [0.2, 0.25) is 0 Å². The van der Waals surface area contributed by atoms with Crippen molar-refractivity contribution in [3.05, 3.63) is 38.5 Å². The van der Waals surface area contributed by atoms with Crippen molar-refractivity contribution in [3.8, 4) is 0 Å². The summed E-state index contributed by atoms with van der Waals surface area (Å²) in [4.78, 5) is 10.1. The van der Waals surface area contributed by atoms with Crippen molar-refractivity contribution < 1.29 is 0 Å². The largest absolute Gasteiger partial charge is 0.357 e. The first kappa shape index (κ1) is 19.4. The van der Waals surface area contributed by atoms with Crippen LogP contribution in [0.5, 0.6) is 0 Å². The third-order valence-corrected chi connectivity index (χ3v) is 4.88. The van der Waals surface area contributed by atoms with Crippen molar-refractivity contribution in [2.24, 2.45) is 4.99 Å². The molecule has 0 fully saturated rings. The van der Waals surface area contributed by atoms with E-state index in [-0.39, 0.29) is 24.0 Å². The molecule has 4 nitrogen and oxygen atoms in total. The van der Waals surface area contributed by atoms with Gasteiger partial charge in [0.1, 0.15) is 0 Å². The van der Waals surface area contributed by atoms with Gasteiger partial charge in [-0.25, -0.2) is 9.98 Å². The van der Waals surface area contributed by atoms with Crippen LogP contribution in [0.25, 0.3) is 0 Å². The zero-order chi connectivity index (χ0) is 15.1. The minimum atomic E-state index is 0. The smallest absolute Gasteiger partial charge is 0.191 e. The number of rotatable bonds is 6. The van der Waals surface area contributed by atoms with Crippen molar-refractivity contribution in [3.63, 3.8) is 0 Å². The lowest BCUT2D eigenvalue weighted by atomic mass is 10.1. The maximum atomic E-state index is 4.64. The molecule has 1 unspecified atom stereocenters. The Kier molecular flexibility index (Phi) is 8.96. The van der Waals surface area contributed by atoms with Gasteiger partial charge in [-0.05, 0) is 42.2 Å². The van der Waals surface area contributed by atoms with Crippen LogP contribution in [0.2, 0.25) is 0 Å². The van der Waals surface area contributed by atoms with Gasteiger partial charge in [0.05, 0.1) is 17.7 Å². The molecule has 2 aromatic rings. The Bertz CT molecular complexity index is 566. The normalized spacial score (nSPS) is 12.6. The van der Waals surface area contributed by atoms with Crippen LogP contribution in [0.4, 0.5) is 0 Å². The van der Waals surface area contributed by atoms with Gasteiger partial charge in [0.25, 0.3) is 0 Å². The number of halogens is 1. The van der Waals surface area contributed by atoms with Crippen LogP contribution in [0, 0.1) is 6.92 Å². The topological polar surface area (TPSA) is 49.3 Å². The van der Waals surface area contributed by atoms with Crippen LogP contribution in [0.15, 0.2) is 27.3 Å². The highest BCUT2D eigenvalue weighted by molar-refractivity contribution is 14.0. The summed E-state index contributed by atoms with van der Waals surface area (Å²) in [5.41, 5.74) is 4.33. The first-order chi connectivity index (χ1) is 10.2. The lowest BCUT2D eigenvalue weighted by molar-refractivity contribution is 0.702. The summed E-state index contributed by atoms with van der Waals surface area (Å²) in [6, 6.07) is 2.18. The number of thiazole rings is 1. The molecule has 122 valence electrons. The highest BCUT2D eigenvalue weighted by Gasteiger charge is 2.07. The summed E-state index contributed by atoms with van der Waals surface area (Å²) in [5.74, 6) is 1.35. The molecule has 0 saturated carbocycles. The number of hydrogen-bond donors (Lipinski definition) is 2. The van der Waals surface area contributed by atoms with E-state index in [1.54, 1.807) is 22.7 Å². The van der Waals surface area contributed by atoms with Gasteiger partial charge in [0, 0.05) is 18.0 Å². The van der Waals surface area contributed by atoms with Crippen molar-refractivity contribution in [2.45, 2.75) is 33.2 Å². The van der Waals surface area contributed by atoms with E-state index in [9.17, 15) is 0 Å². The number of thiophene rings is 1. The number of guanidine groups is 1. The molecular formula is C15H23IN4S2. The lowest BCUT2D eigenvalue weighted by Crippen LogP contribution is -2.39. The third kappa shape index (κ3) is 5.85. The van der Waals surface area contributed by atoms with E-state index in [1.165, 1.54) is 10.4 Å². The summed E-state index contributed by atoms with van der Waals surface area (Å²) in [5, 5.41) is 11.0. The zero-order valence-electron chi connectivity index (χ0n) is 13.1. The third-order valence-electron chi connectivity index (χ3n) is 3.26. The van der Waals surface area contributed by atoms with Gasteiger partial charge in [-0.2, -0.15) is 11.3 Å². The monoisotopic (exact) mass is 450 g/mol. The van der Waals surface area contributed by atoms with Crippen LogP contribution < -0.4 is 10.6 Å². The maximum Gasteiger partial charge on any atom is 0.191 e. The number of hydrogen-bond acceptors (Lipinski definition) is 4. The fourth-order valence-electron chi connectivity index (χ4n) is 1.89. The van der Waals surface area contributed by atoms with Gasteiger partial charge < -0.3 is 10.6 Å². The van der Waals surface area contributed by atoms with Crippen molar-refractivity contribution in [1.82, 2.24) is 15.6 Å². The maximum absolute atomic E-state index is 4.64. The highest BCUT2D eigenvalue weighted by atomic mass is 127. The van der Waals surface area contributed by atoms with Gasteiger partial charge >= 0.3 is 0 Å². The van der Waals surface area contributed by atoms with E-state index in [0.29, 0.717) is 12.5 Å². The molecule has 0 aliphatic heterocycles. The van der Waals surface area contributed by atoms with Gasteiger partial charge in [-0.3, -0.25) is 0 Å². The van der Waals surface area contributed by atoms with E-state index in [2.05, 4.69) is 51.3 Å². The van der Waals surface area contributed by atoms with Gasteiger partial charge in [-0.1, -0.05) is 6.92 Å². The number of nitrogens with one attached hydrogen (secondary N) is 2. The quantitative estimate of drug-likeness (QED) is 0.398. The second kappa shape index (κ2) is 10.2. The Balaban J connectivity index is 0.00000242. The van der Waals surface area contributed by atoms with E-state index in [0.717, 1.165) is 24.7 Å². The second-order valence-electron chi connectivity index (χ2n) is 4.89. The Morgan fingerprint density at radius 1 is 1.41 bits per heavy atom. The molecule has 2 N–H and O–H groups in total. The molecule has 0 aromatic carbocycles.